The van der Waals surface area contributed by atoms with Crippen molar-refractivity contribution in [3.8, 4) is 17.1 Å². The molecule has 0 unspecified atom stereocenters. The lowest BCUT2D eigenvalue weighted by Gasteiger charge is -2.10. The lowest BCUT2D eigenvalue weighted by Crippen LogP contribution is -2.04. The lowest BCUT2D eigenvalue weighted by atomic mass is 10.1. The highest BCUT2D eigenvalue weighted by atomic mass is 79.9. The van der Waals surface area contributed by atoms with Gasteiger partial charge < -0.3 is 15.2 Å². The molecule has 0 radical (unpaired) electrons. The van der Waals surface area contributed by atoms with Crippen LogP contribution in [0.4, 0.5) is 5.82 Å². The molecule has 0 aliphatic heterocycles. The highest BCUT2D eigenvalue weighted by Gasteiger charge is 2.12. The van der Waals surface area contributed by atoms with Crippen LogP contribution in [-0.4, -0.2) is 24.2 Å². The number of anilines is 1. The minimum atomic E-state index is 0.370. The van der Waals surface area contributed by atoms with Gasteiger partial charge in [-0.05, 0) is 46.6 Å². The largest absolute Gasteiger partial charge is 0.496 e. The third-order valence-corrected chi connectivity index (χ3v) is 3.74. The molecule has 0 spiro atoms. The molecule has 106 valence electrons. The monoisotopic (exact) mass is 337 g/mol. The molecule has 0 aliphatic carbocycles. The molecule has 1 aromatic carbocycles. The van der Waals surface area contributed by atoms with Crippen LogP contribution >= 0.6 is 15.9 Å². The second-order valence-corrected chi connectivity index (χ2v) is 5.10. The molecule has 0 saturated carbocycles. The topological polar surface area (TPSA) is 70.3 Å². The van der Waals surface area contributed by atoms with Gasteiger partial charge >= 0.3 is 0 Å². The minimum absolute atomic E-state index is 0.370. The summed E-state index contributed by atoms with van der Waals surface area (Å²) in [7, 11) is 3.26. The minimum Gasteiger partial charge on any atom is -0.496 e. The van der Waals surface area contributed by atoms with Gasteiger partial charge in [-0.2, -0.15) is 0 Å². The number of nitrogens with two attached hydrogens (primary N) is 1. The highest BCUT2D eigenvalue weighted by molar-refractivity contribution is 9.10. The van der Waals surface area contributed by atoms with Gasteiger partial charge in [0, 0.05) is 12.7 Å². The maximum Gasteiger partial charge on any atom is 0.161 e. The van der Waals surface area contributed by atoms with Gasteiger partial charge in [0.05, 0.1) is 23.9 Å². The molecule has 0 aliphatic rings. The van der Waals surface area contributed by atoms with E-state index in [4.69, 9.17) is 15.2 Å². The van der Waals surface area contributed by atoms with Crippen LogP contribution in [0.15, 0.2) is 22.7 Å². The number of rotatable bonds is 4. The predicted molar refractivity (Wildman–Crippen MR) is 81.6 cm³/mol. The van der Waals surface area contributed by atoms with Crippen molar-refractivity contribution in [1.82, 2.24) is 9.97 Å². The smallest absolute Gasteiger partial charge is 0.161 e. The van der Waals surface area contributed by atoms with Gasteiger partial charge in [0.25, 0.3) is 0 Å². The third-order valence-electron chi connectivity index (χ3n) is 2.88. The van der Waals surface area contributed by atoms with Crippen molar-refractivity contribution in [1.29, 1.82) is 0 Å². The number of halogens is 1. The number of nitrogens with zero attached hydrogens (tertiary/aromatic N) is 2. The van der Waals surface area contributed by atoms with Gasteiger partial charge in [0.2, 0.25) is 0 Å². The summed E-state index contributed by atoms with van der Waals surface area (Å²) in [5.41, 5.74) is 8.54. The van der Waals surface area contributed by atoms with Crippen LogP contribution in [-0.2, 0) is 11.3 Å². The Hall–Kier alpha value is -1.66. The number of ether oxygens (including phenoxy) is 2. The zero-order chi connectivity index (χ0) is 14.7. The van der Waals surface area contributed by atoms with E-state index in [2.05, 4.69) is 25.9 Å². The van der Waals surface area contributed by atoms with Crippen molar-refractivity contribution in [2.45, 2.75) is 13.5 Å². The van der Waals surface area contributed by atoms with Crippen molar-refractivity contribution >= 4 is 21.7 Å². The van der Waals surface area contributed by atoms with Crippen LogP contribution in [0.3, 0.4) is 0 Å². The van der Waals surface area contributed by atoms with E-state index in [0.29, 0.717) is 22.7 Å². The second-order valence-electron chi connectivity index (χ2n) is 4.31. The maximum atomic E-state index is 5.90. The van der Waals surface area contributed by atoms with Gasteiger partial charge in [-0.3, -0.25) is 0 Å². The molecule has 1 heterocycles. The normalized spacial score (nSPS) is 10.6. The van der Waals surface area contributed by atoms with E-state index in [1.165, 1.54) is 0 Å². The van der Waals surface area contributed by atoms with Crippen molar-refractivity contribution in [2.75, 3.05) is 20.0 Å². The lowest BCUT2D eigenvalue weighted by molar-refractivity contribution is 0.181. The molecule has 0 fully saturated rings. The van der Waals surface area contributed by atoms with Crippen LogP contribution < -0.4 is 10.5 Å². The molecule has 1 aromatic heterocycles. The van der Waals surface area contributed by atoms with Crippen LogP contribution in [0, 0.1) is 6.92 Å². The molecule has 0 atom stereocenters. The van der Waals surface area contributed by atoms with Crippen molar-refractivity contribution < 1.29 is 9.47 Å². The van der Waals surface area contributed by atoms with Gasteiger partial charge in [-0.1, -0.05) is 0 Å². The van der Waals surface area contributed by atoms with Crippen molar-refractivity contribution in [3.05, 3.63) is 33.9 Å². The Bertz CT molecular complexity index is 632. The first kappa shape index (κ1) is 14.7. The molecule has 5 nitrogen and oxygen atoms in total. The number of aromatic nitrogens is 2. The zero-order valence-corrected chi connectivity index (χ0v) is 13.2. The Labute approximate surface area is 126 Å². The molecule has 0 bridgehead atoms. The molecule has 2 N–H and O–H groups in total. The molecule has 6 heteroatoms. The zero-order valence-electron chi connectivity index (χ0n) is 11.6. The van der Waals surface area contributed by atoms with E-state index >= 15 is 0 Å². The van der Waals surface area contributed by atoms with E-state index < -0.39 is 0 Å². The first-order valence-electron chi connectivity index (χ1n) is 6.02. The summed E-state index contributed by atoms with van der Waals surface area (Å²) in [5.74, 6) is 1.80. The molecular formula is C14H16BrN3O2. The number of nitrogen functional groups attached to an aromatic ring is 1. The van der Waals surface area contributed by atoms with Crippen molar-refractivity contribution in [2.24, 2.45) is 0 Å². The summed E-state index contributed by atoms with van der Waals surface area (Å²) >= 11 is 3.38. The summed E-state index contributed by atoms with van der Waals surface area (Å²) < 4.78 is 11.0. The van der Waals surface area contributed by atoms with Crippen LogP contribution in [0.25, 0.3) is 11.4 Å². The van der Waals surface area contributed by atoms with Gasteiger partial charge in [0.15, 0.2) is 5.82 Å². The fourth-order valence-electron chi connectivity index (χ4n) is 1.89. The van der Waals surface area contributed by atoms with E-state index in [1.807, 2.05) is 25.1 Å². The summed E-state index contributed by atoms with van der Waals surface area (Å²) in [6.07, 6.45) is 0. The average Bonchev–Trinajstić information content (AvgIpc) is 2.43. The van der Waals surface area contributed by atoms with Gasteiger partial charge in [0.1, 0.15) is 11.6 Å². The number of hydrogen-bond donors (Lipinski definition) is 1. The molecule has 0 saturated heterocycles. The third kappa shape index (κ3) is 2.91. The van der Waals surface area contributed by atoms with E-state index in [-0.39, 0.29) is 0 Å². The Morgan fingerprint density at radius 3 is 2.60 bits per heavy atom. The SMILES string of the molecule is COCc1nc(-c2ccc(OC)c(C)c2)nc(N)c1Br. The first-order chi connectivity index (χ1) is 9.56. The molecule has 20 heavy (non-hydrogen) atoms. The van der Waals surface area contributed by atoms with Crippen LogP contribution in [0.2, 0.25) is 0 Å². The number of aryl methyl sites for hydroxylation is 1. The first-order valence-corrected chi connectivity index (χ1v) is 6.82. The van der Waals surface area contributed by atoms with Gasteiger partial charge in [-0.25, -0.2) is 9.97 Å². The van der Waals surface area contributed by atoms with E-state index in [1.54, 1.807) is 14.2 Å². The number of hydrogen-bond acceptors (Lipinski definition) is 5. The summed E-state index contributed by atoms with van der Waals surface area (Å²) in [4.78, 5) is 8.79. The quantitative estimate of drug-likeness (QED) is 0.928. The van der Waals surface area contributed by atoms with Crippen LogP contribution in [0.5, 0.6) is 5.75 Å². The fraction of sp³-hybridized carbons (Fsp3) is 0.286. The Kier molecular flexibility index (Phi) is 4.57. The standard InChI is InChI=1S/C14H16BrN3O2/c1-8-6-9(4-5-11(8)20-3)14-17-10(7-19-2)12(15)13(16)18-14/h4-6H,7H2,1-3H3,(H2,16,17,18). The molecule has 2 rings (SSSR count). The second kappa shape index (κ2) is 6.19. The summed E-state index contributed by atoms with van der Waals surface area (Å²) in [6, 6.07) is 5.77. The Morgan fingerprint density at radius 2 is 2.00 bits per heavy atom. The average molecular weight is 338 g/mol. The number of benzene rings is 1. The van der Waals surface area contributed by atoms with Gasteiger partial charge in [-0.15, -0.1) is 0 Å². The molecular weight excluding hydrogens is 322 g/mol. The predicted octanol–water partition coefficient (Wildman–Crippen LogP) is 2.95. The number of methoxy groups -OCH3 is 2. The fourth-order valence-corrected chi connectivity index (χ4v) is 2.18. The van der Waals surface area contributed by atoms with E-state index in [9.17, 15) is 0 Å². The Morgan fingerprint density at radius 1 is 1.25 bits per heavy atom. The Balaban J connectivity index is 2.49. The van der Waals surface area contributed by atoms with Crippen molar-refractivity contribution in [3.63, 3.8) is 0 Å². The summed E-state index contributed by atoms with van der Waals surface area (Å²) in [5, 5.41) is 0. The summed E-state index contributed by atoms with van der Waals surface area (Å²) in [6.45, 7) is 2.34. The highest BCUT2D eigenvalue weighted by Crippen LogP contribution is 2.28. The maximum absolute atomic E-state index is 5.90. The molecule has 2 aromatic rings. The molecule has 0 amide bonds. The van der Waals surface area contributed by atoms with Crippen LogP contribution in [0.1, 0.15) is 11.3 Å². The van der Waals surface area contributed by atoms with E-state index in [0.717, 1.165) is 22.6 Å².